The number of nitrogens with zero attached hydrogens (tertiary/aromatic N) is 2. The summed E-state index contributed by atoms with van der Waals surface area (Å²) in [6.45, 7) is 0. The molecule has 17 heavy (non-hydrogen) atoms. The third kappa shape index (κ3) is 3.02. The number of nitriles is 1. The Bertz CT molecular complexity index is 464. The first kappa shape index (κ1) is 14.1. The molecule has 0 amide bonds. The molecule has 0 aliphatic carbocycles. The lowest BCUT2D eigenvalue weighted by molar-refractivity contribution is -0.138. The van der Waals surface area contributed by atoms with Crippen LogP contribution in [0.5, 0.6) is 0 Å². The van der Waals surface area contributed by atoms with Gasteiger partial charge in [0.2, 0.25) is 0 Å². The highest BCUT2D eigenvalue weighted by Gasteiger charge is 2.36. The molecule has 0 aliphatic rings. The molecule has 8 heteroatoms. The summed E-state index contributed by atoms with van der Waals surface area (Å²) in [5.41, 5.74) is -2.35. The van der Waals surface area contributed by atoms with Gasteiger partial charge in [-0.15, -0.1) is 0 Å². The minimum atomic E-state index is -4.74. The molecule has 1 rings (SSSR count). The molecule has 0 fully saturated rings. The fourth-order valence-electron chi connectivity index (χ4n) is 1.18. The molecule has 0 atom stereocenters. The van der Waals surface area contributed by atoms with Gasteiger partial charge in [-0.05, 0) is 22.6 Å². The minimum absolute atomic E-state index is 0.320. The van der Waals surface area contributed by atoms with Crippen LogP contribution in [0.25, 0.3) is 0 Å². The molecular weight excluding hydrogens is 358 g/mol. The van der Waals surface area contributed by atoms with Crippen molar-refractivity contribution in [2.45, 2.75) is 19.0 Å². The summed E-state index contributed by atoms with van der Waals surface area (Å²) in [4.78, 5) is 3.29. The average Bonchev–Trinajstić information content (AvgIpc) is 2.15. The second kappa shape index (κ2) is 5.12. The summed E-state index contributed by atoms with van der Waals surface area (Å²) in [5.74, 6) is 0. The van der Waals surface area contributed by atoms with Crippen molar-refractivity contribution < 1.29 is 22.0 Å². The van der Waals surface area contributed by atoms with Crippen LogP contribution in [-0.4, -0.2) is 4.98 Å². The summed E-state index contributed by atoms with van der Waals surface area (Å²) >= 11 is 1.20. The van der Waals surface area contributed by atoms with E-state index in [9.17, 15) is 22.0 Å². The Hall–Kier alpha value is -0.980. The smallest absolute Gasteiger partial charge is 0.259 e. The molecule has 1 heterocycles. The van der Waals surface area contributed by atoms with Crippen molar-refractivity contribution >= 4 is 22.6 Å². The number of pyridine rings is 1. The molecule has 0 N–H and O–H groups in total. The van der Waals surface area contributed by atoms with E-state index >= 15 is 0 Å². The van der Waals surface area contributed by atoms with Crippen LogP contribution in [0.3, 0.4) is 0 Å². The van der Waals surface area contributed by atoms with E-state index in [1.54, 1.807) is 6.07 Å². The lowest BCUT2D eigenvalue weighted by atomic mass is 10.1. The second-order valence-electron chi connectivity index (χ2n) is 2.98. The highest BCUT2D eigenvalue weighted by molar-refractivity contribution is 14.1. The van der Waals surface area contributed by atoms with Crippen molar-refractivity contribution in [1.82, 2.24) is 4.98 Å². The maximum Gasteiger partial charge on any atom is 0.418 e. The first-order valence-corrected chi connectivity index (χ1v) is 5.26. The van der Waals surface area contributed by atoms with Gasteiger partial charge in [0.15, 0.2) is 0 Å². The summed E-state index contributed by atoms with van der Waals surface area (Å²) in [7, 11) is 0. The van der Waals surface area contributed by atoms with Crippen LogP contribution in [-0.2, 0) is 12.6 Å². The molecule has 0 saturated carbocycles. The highest BCUT2D eigenvalue weighted by atomic mass is 127. The molecule has 0 aliphatic heterocycles. The van der Waals surface area contributed by atoms with E-state index in [-0.39, 0.29) is 5.69 Å². The van der Waals surface area contributed by atoms with E-state index in [4.69, 9.17) is 5.26 Å². The Balaban J connectivity index is 3.45. The Morgan fingerprint density at radius 2 is 2.00 bits per heavy atom. The zero-order valence-corrected chi connectivity index (χ0v) is 10.2. The first-order chi connectivity index (χ1) is 7.79. The Morgan fingerprint density at radius 1 is 1.41 bits per heavy atom. The third-order valence-electron chi connectivity index (χ3n) is 1.90. The Morgan fingerprint density at radius 3 is 2.41 bits per heavy atom. The van der Waals surface area contributed by atoms with Crippen molar-refractivity contribution in [3.63, 3.8) is 0 Å². The van der Waals surface area contributed by atoms with Gasteiger partial charge < -0.3 is 0 Å². The van der Waals surface area contributed by atoms with Gasteiger partial charge in [-0.25, -0.2) is 8.78 Å². The minimum Gasteiger partial charge on any atom is -0.259 e. The summed E-state index contributed by atoms with van der Waals surface area (Å²) < 4.78 is 62.1. The van der Waals surface area contributed by atoms with E-state index in [1.807, 2.05) is 0 Å². The molecule has 2 nitrogen and oxygen atoms in total. The van der Waals surface area contributed by atoms with E-state index < -0.39 is 33.7 Å². The number of rotatable bonds is 2. The fourth-order valence-corrected chi connectivity index (χ4v) is 2.17. The zero-order valence-electron chi connectivity index (χ0n) is 8.02. The van der Waals surface area contributed by atoms with Gasteiger partial charge in [0.05, 0.1) is 29.3 Å². The van der Waals surface area contributed by atoms with Crippen molar-refractivity contribution in [3.05, 3.63) is 26.6 Å². The lowest BCUT2D eigenvalue weighted by Crippen LogP contribution is -2.13. The van der Waals surface area contributed by atoms with Crippen molar-refractivity contribution in [2.75, 3.05) is 0 Å². The molecule has 0 saturated heterocycles. The Kier molecular flexibility index (Phi) is 4.24. The molecule has 0 bridgehead atoms. The van der Waals surface area contributed by atoms with Crippen molar-refractivity contribution in [2.24, 2.45) is 0 Å². The summed E-state index contributed by atoms with van der Waals surface area (Å²) in [6.07, 6.45) is -7.81. The molecule has 1 aromatic heterocycles. The fraction of sp³-hybridized carbons (Fsp3) is 0.333. The van der Waals surface area contributed by atoms with E-state index in [2.05, 4.69) is 4.98 Å². The highest BCUT2D eigenvalue weighted by Crippen LogP contribution is 2.37. The Labute approximate surface area is 107 Å². The second-order valence-corrected chi connectivity index (χ2v) is 4.06. The molecule has 0 aromatic carbocycles. The number of alkyl halides is 5. The van der Waals surface area contributed by atoms with E-state index in [1.165, 1.54) is 22.6 Å². The van der Waals surface area contributed by atoms with Crippen LogP contribution in [0.1, 0.15) is 23.2 Å². The van der Waals surface area contributed by atoms with Crippen LogP contribution in [0, 0.1) is 14.9 Å². The predicted molar refractivity (Wildman–Crippen MR) is 56.2 cm³/mol. The summed E-state index contributed by atoms with van der Waals surface area (Å²) in [6, 6.07) is 1.58. The maximum absolute atomic E-state index is 12.7. The quantitative estimate of drug-likeness (QED) is 0.594. The molecular formula is C9H4F5IN2. The average molecular weight is 362 g/mol. The van der Waals surface area contributed by atoms with Gasteiger partial charge in [0.25, 0.3) is 6.43 Å². The zero-order chi connectivity index (χ0) is 13.2. The molecule has 0 radical (unpaired) electrons. The van der Waals surface area contributed by atoms with E-state index in [0.29, 0.717) is 6.20 Å². The number of aromatic nitrogens is 1. The normalized spacial score (nSPS) is 11.6. The maximum atomic E-state index is 12.7. The van der Waals surface area contributed by atoms with Crippen LogP contribution in [0.4, 0.5) is 22.0 Å². The van der Waals surface area contributed by atoms with Crippen LogP contribution < -0.4 is 0 Å². The van der Waals surface area contributed by atoms with Crippen LogP contribution in [0.15, 0.2) is 6.20 Å². The van der Waals surface area contributed by atoms with Gasteiger partial charge in [-0.3, -0.25) is 4.98 Å². The topological polar surface area (TPSA) is 36.7 Å². The lowest BCUT2D eigenvalue weighted by Gasteiger charge is -2.14. The molecule has 92 valence electrons. The molecule has 0 spiro atoms. The molecule has 0 unspecified atom stereocenters. The van der Waals surface area contributed by atoms with Gasteiger partial charge in [-0.2, -0.15) is 18.4 Å². The first-order valence-electron chi connectivity index (χ1n) is 4.18. The predicted octanol–water partition coefficient (Wildman–Crippen LogP) is 3.71. The molecule has 1 aromatic rings. The van der Waals surface area contributed by atoms with E-state index in [0.717, 1.165) is 0 Å². The van der Waals surface area contributed by atoms with Crippen molar-refractivity contribution in [1.29, 1.82) is 5.26 Å². The standard InChI is InChI=1S/C9H4F5IN2/c10-8(11)6-5(1-2-16)17-3-4(7(6)15)9(12,13)14/h3,8H,1H2. The number of hydrogen-bond acceptors (Lipinski definition) is 2. The number of halogens is 6. The van der Waals surface area contributed by atoms with Crippen LogP contribution in [0.2, 0.25) is 0 Å². The monoisotopic (exact) mass is 362 g/mol. The van der Waals surface area contributed by atoms with Gasteiger partial charge in [-0.1, -0.05) is 0 Å². The number of hydrogen-bond donors (Lipinski definition) is 0. The van der Waals surface area contributed by atoms with Gasteiger partial charge >= 0.3 is 6.18 Å². The third-order valence-corrected chi connectivity index (χ3v) is 3.07. The van der Waals surface area contributed by atoms with Crippen molar-refractivity contribution in [3.8, 4) is 6.07 Å². The SMILES string of the molecule is N#CCc1ncc(C(F)(F)F)c(I)c1C(F)F. The van der Waals surface area contributed by atoms with Gasteiger partial charge in [0.1, 0.15) is 0 Å². The van der Waals surface area contributed by atoms with Gasteiger partial charge in [0, 0.05) is 9.77 Å². The summed E-state index contributed by atoms with van der Waals surface area (Å²) in [5, 5.41) is 8.39. The largest absolute Gasteiger partial charge is 0.418 e. The van der Waals surface area contributed by atoms with Crippen LogP contribution >= 0.6 is 22.6 Å².